The van der Waals surface area contributed by atoms with Gasteiger partial charge < -0.3 is 5.11 Å². The van der Waals surface area contributed by atoms with Crippen LogP contribution >= 0.6 is 0 Å². The molecule has 1 N–H and O–H groups in total. The van der Waals surface area contributed by atoms with E-state index in [4.69, 9.17) is 0 Å². The molecule has 0 aromatic rings. The van der Waals surface area contributed by atoms with Crippen molar-refractivity contribution in [3.8, 4) is 0 Å². The Morgan fingerprint density at radius 3 is 2.06 bits per heavy atom. The number of hydrogen-bond acceptors (Lipinski definition) is 2. The molecule has 0 aliphatic heterocycles. The molecular weight excluding hydrogens is 212 g/mol. The maximum absolute atomic E-state index is 12.1. The molecule has 0 aromatic heterocycles. The zero-order valence-corrected chi connectivity index (χ0v) is 10.9. The van der Waals surface area contributed by atoms with E-state index in [0.29, 0.717) is 11.1 Å². The van der Waals surface area contributed by atoms with E-state index in [9.17, 15) is 9.90 Å². The Kier molecular flexibility index (Phi) is 7.44. The summed E-state index contributed by atoms with van der Waals surface area (Å²) in [5.74, 6) is -0.173. The summed E-state index contributed by atoms with van der Waals surface area (Å²) in [6.45, 7) is 7.16. The molecule has 2 heteroatoms. The SMILES string of the molecule is C\C=C/C=C(\C=C/C)C(=O)C(=C/C)/C(O)=C\C. The monoisotopic (exact) mass is 232 g/mol. The molecule has 0 bridgehead atoms. The van der Waals surface area contributed by atoms with Crippen LogP contribution in [0.5, 0.6) is 0 Å². The molecule has 0 amide bonds. The van der Waals surface area contributed by atoms with E-state index >= 15 is 0 Å². The van der Waals surface area contributed by atoms with Gasteiger partial charge in [-0.2, -0.15) is 0 Å². The van der Waals surface area contributed by atoms with Crippen molar-refractivity contribution in [1.82, 2.24) is 0 Å². The van der Waals surface area contributed by atoms with Gasteiger partial charge in [0.1, 0.15) is 5.76 Å². The van der Waals surface area contributed by atoms with Crippen molar-refractivity contribution in [3.63, 3.8) is 0 Å². The van der Waals surface area contributed by atoms with Crippen molar-refractivity contribution in [2.45, 2.75) is 27.7 Å². The third kappa shape index (κ3) is 4.68. The summed E-state index contributed by atoms with van der Waals surface area (Å²) < 4.78 is 0. The average molecular weight is 232 g/mol. The first-order chi connectivity index (χ1) is 8.12. The van der Waals surface area contributed by atoms with Crippen LogP contribution in [0, 0.1) is 0 Å². The van der Waals surface area contributed by atoms with Crippen LogP contribution in [0.15, 0.2) is 59.4 Å². The van der Waals surface area contributed by atoms with Gasteiger partial charge in [-0.15, -0.1) is 0 Å². The van der Waals surface area contributed by atoms with Crippen LogP contribution in [0.2, 0.25) is 0 Å². The maximum Gasteiger partial charge on any atom is 0.196 e. The molecule has 0 saturated heterocycles. The summed E-state index contributed by atoms with van der Waals surface area (Å²) in [5, 5.41) is 9.63. The van der Waals surface area contributed by atoms with E-state index in [1.807, 2.05) is 19.9 Å². The number of ketones is 1. The number of carbonyl (C=O) groups excluding carboxylic acids is 1. The molecule has 92 valence electrons. The molecule has 2 nitrogen and oxygen atoms in total. The van der Waals surface area contributed by atoms with Crippen LogP contribution < -0.4 is 0 Å². The standard InChI is InChI=1S/C15H20O2/c1-5-9-11-12(10-6-2)15(17)13(7-3)14(16)8-4/h5-11,16H,1-4H3/b9-5-,10-6-,12-11+,13-7+,14-8+. The average Bonchev–Trinajstić information content (AvgIpc) is 2.34. The van der Waals surface area contributed by atoms with E-state index in [1.54, 1.807) is 44.2 Å². The first kappa shape index (κ1) is 15.2. The van der Waals surface area contributed by atoms with E-state index < -0.39 is 0 Å². The highest BCUT2D eigenvalue weighted by Crippen LogP contribution is 2.14. The van der Waals surface area contributed by atoms with Gasteiger partial charge in [-0.3, -0.25) is 4.79 Å². The molecule has 0 aliphatic rings. The summed E-state index contributed by atoms with van der Waals surface area (Å²) in [4.78, 5) is 12.1. The fraction of sp³-hybridized carbons (Fsp3) is 0.267. The van der Waals surface area contributed by atoms with Crippen LogP contribution in [0.1, 0.15) is 27.7 Å². The molecule has 0 heterocycles. The quantitative estimate of drug-likeness (QED) is 0.441. The molecular formula is C15H20O2. The minimum atomic E-state index is -0.181. The van der Waals surface area contributed by atoms with Gasteiger partial charge >= 0.3 is 0 Å². The zero-order valence-electron chi connectivity index (χ0n) is 10.9. The Labute approximate surface area is 103 Å². The third-order valence-corrected chi connectivity index (χ3v) is 2.16. The van der Waals surface area contributed by atoms with Gasteiger partial charge in [-0.05, 0) is 33.8 Å². The summed E-state index contributed by atoms with van der Waals surface area (Å²) in [5.41, 5.74) is 0.869. The van der Waals surface area contributed by atoms with Crippen molar-refractivity contribution in [1.29, 1.82) is 0 Å². The van der Waals surface area contributed by atoms with Gasteiger partial charge in [0.15, 0.2) is 5.78 Å². The van der Waals surface area contributed by atoms with Gasteiger partial charge in [0.2, 0.25) is 0 Å². The second-order valence-electron chi connectivity index (χ2n) is 3.35. The molecule has 0 spiro atoms. The van der Waals surface area contributed by atoms with E-state index in [1.165, 1.54) is 6.08 Å². The van der Waals surface area contributed by atoms with E-state index in [2.05, 4.69) is 0 Å². The molecule has 0 saturated carbocycles. The second-order valence-corrected chi connectivity index (χ2v) is 3.35. The highest BCUT2D eigenvalue weighted by molar-refractivity contribution is 6.12. The number of rotatable bonds is 5. The molecule has 0 atom stereocenters. The number of aliphatic hydroxyl groups is 1. The Hall–Kier alpha value is -1.83. The summed E-state index contributed by atoms with van der Waals surface area (Å²) >= 11 is 0. The molecule has 0 fully saturated rings. The molecule has 0 aliphatic carbocycles. The topological polar surface area (TPSA) is 37.3 Å². The van der Waals surface area contributed by atoms with Gasteiger partial charge in [-0.1, -0.05) is 36.5 Å². The normalized spacial score (nSPS) is 14.9. The van der Waals surface area contributed by atoms with Crippen molar-refractivity contribution >= 4 is 5.78 Å². The lowest BCUT2D eigenvalue weighted by molar-refractivity contribution is -0.112. The number of hydrogen-bond donors (Lipinski definition) is 1. The minimum Gasteiger partial charge on any atom is -0.508 e. The number of carbonyl (C=O) groups is 1. The third-order valence-electron chi connectivity index (χ3n) is 2.16. The summed E-state index contributed by atoms with van der Waals surface area (Å²) in [7, 11) is 0. The van der Waals surface area contributed by atoms with Crippen molar-refractivity contribution in [2.75, 3.05) is 0 Å². The van der Waals surface area contributed by atoms with Crippen molar-refractivity contribution in [3.05, 3.63) is 59.4 Å². The molecule has 0 rings (SSSR count). The number of Topliss-reactive ketones (excluding diaryl/α,β-unsaturated/α-hetero) is 1. The number of aliphatic hydroxyl groups excluding tert-OH is 1. The van der Waals surface area contributed by atoms with Crippen LogP contribution in [0.25, 0.3) is 0 Å². The molecule has 0 unspecified atom stereocenters. The highest BCUT2D eigenvalue weighted by Gasteiger charge is 2.14. The Morgan fingerprint density at radius 1 is 1.00 bits per heavy atom. The second kappa shape index (κ2) is 8.34. The largest absolute Gasteiger partial charge is 0.508 e. The lowest BCUT2D eigenvalue weighted by atomic mass is 10.0. The van der Waals surface area contributed by atoms with Gasteiger partial charge in [0, 0.05) is 5.57 Å². The lowest BCUT2D eigenvalue weighted by Gasteiger charge is -2.05. The van der Waals surface area contributed by atoms with Crippen molar-refractivity contribution in [2.24, 2.45) is 0 Å². The van der Waals surface area contributed by atoms with Crippen molar-refractivity contribution < 1.29 is 9.90 Å². The van der Waals surface area contributed by atoms with E-state index in [-0.39, 0.29) is 11.5 Å². The Morgan fingerprint density at radius 2 is 1.65 bits per heavy atom. The Balaban J connectivity index is 5.36. The summed E-state index contributed by atoms with van der Waals surface area (Å²) in [6, 6.07) is 0. The first-order valence-electron chi connectivity index (χ1n) is 5.64. The first-order valence-corrected chi connectivity index (χ1v) is 5.64. The lowest BCUT2D eigenvalue weighted by Crippen LogP contribution is -2.07. The van der Waals surface area contributed by atoms with Gasteiger partial charge in [0.25, 0.3) is 0 Å². The van der Waals surface area contributed by atoms with Crippen LogP contribution in [-0.2, 0) is 4.79 Å². The number of allylic oxidation sites excluding steroid dienone is 9. The predicted octanol–water partition coefficient (Wildman–Crippen LogP) is 4.04. The fourth-order valence-electron chi connectivity index (χ4n) is 1.29. The Bertz CT molecular complexity index is 405. The van der Waals surface area contributed by atoms with Gasteiger partial charge in [0.05, 0.1) is 5.57 Å². The van der Waals surface area contributed by atoms with E-state index in [0.717, 1.165) is 0 Å². The van der Waals surface area contributed by atoms with Gasteiger partial charge in [-0.25, -0.2) is 0 Å². The molecule has 17 heavy (non-hydrogen) atoms. The zero-order chi connectivity index (χ0) is 13.3. The molecule has 0 radical (unpaired) electrons. The fourth-order valence-corrected chi connectivity index (χ4v) is 1.29. The predicted molar refractivity (Wildman–Crippen MR) is 72.9 cm³/mol. The molecule has 0 aromatic carbocycles. The highest BCUT2D eigenvalue weighted by atomic mass is 16.3. The maximum atomic E-state index is 12.1. The van der Waals surface area contributed by atoms with Crippen LogP contribution in [-0.4, -0.2) is 10.9 Å². The minimum absolute atomic E-state index is 0.00776. The van der Waals surface area contributed by atoms with Crippen LogP contribution in [0.4, 0.5) is 0 Å². The summed E-state index contributed by atoms with van der Waals surface area (Å²) in [6.07, 6.45) is 12.0. The smallest absolute Gasteiger partial charge is 0.196 e. The van der Waals surface area contributed by atoms with Crippen LogP contribution in [0.3, 0.4) is 0 Å².